The lowest BCUT2D eigenvalue weighted by atomic mass is 10.1. The van der Waals surface area contributed by atoms with Crippen molar-refractivity contribution in [1.29, 1.82) is 0 Å². The van der Waals surface area contributed by atoms with Crippen LogP contribution in [0.1, 0.15) is 29.4 Å². The first-order chi connectivity index (χ1) is 8.72. The van der Waals surface area contributed by atoms with Gasteiger partial charge in [0, 0.05) is 13.1 Å². The Labute approximate surface area is 105 Å². The van der Waals surface area contributed by atoms with E-state index in [0.29, 0.717) is 18.3 Å². The minimum absolute atomic E-state index is 0.337. The van der Waals surface area contributed by atoms with Gasteiger partial charge in [0.25, 0.3) is 0 Å². The van der Waals surface area contributed by atoms with E-state index in [1.807, 2.05) is 19.2 Å². The molecule has 0 radical (unpaired) electrons. The normalized spacial score (nSPS) is 17.9. The Morgan fingerprint density at radius 3 is 3.17 bits per heavy atom. The molecule has 0 bridgehead atoms. The van der Waals surface area contributed by atoms with Gasteiger partial charge in [0.15, 0.2) is 5.82 Å². The summed E-state index contributed by atoms with van der Waals surface area (Å²) < 4.78 is 1.71. The molecule has 0 saturated heterocycles. The molecule has 94 valence electrons. The van der Waals surface area contributed by atoms with Gasteiger partial charge < -0.3 is 10.4 Å². The minimum Gasteiger partial charge on any atom is -0.508 e. The zero-order valence-electron chi connectivity index (χ0n) is 10.3. The molecule has 18 heavy (non-hydrogen) atoms. The number of hydrogen-bond donors (Lipinski definition) is 2. The lowest BCUT2D eigenvalue weighted by molar-refractivity contribution is 0.474. The van der Waals surface area contributed by atoms with Crippen LogP contribution in [0, 0.1) is 0 Å². The number of fused-ring (bicyclic) bond motifs is 1. The third kappa shape index (κ3) is 2.09. The Morgan fingerprint density at radius 1 is 1.50 bits per heavy atom. The van der Waals surface area contributed by atoms with Gasteiger partial charge >= 0.3 is 0 Å². The van der Waals surface area contributed by atoms with Gasteiger partial charge in [-0.25, -0.2) is 4.98 Å². The van der Waals surface area contributed by atoms with Gasteiger partial charge in [-0.3, -0.25) is 4.68 Å². The first-order valence-electron chi connectivity index (χ1n) is 6.12. The number of nitrogens with one attached hydrogen (secondary N) is 1. The molecule has 0 aliphatic heterocycles. The molecule has 0 amide bonds. The second-order valence-corrected chi connectivity index (χ2v) is 4.69. The topological polar surface area (TPSA) is 63.0 Å². The summed E-state index contributed by atoms with van der Waals surface area (Å²) in [4.78, 5) is 4.20. The maximum atomic E-state index is 9.45. The number of aryl methyl sites for hydroxylation is 2. The van der Waals surface area contributed by atoms with E-state index in [4.69, 9.17) is 0 Å². The van der Waals surface area contributed by atoms with Gasteiger partial charge in [0.1, 0.15) is 12.1 Å². The molecule has 2 aromatic rings. The fourth-order valence-electron chi connectivity index (χ4n) is 2.50. The number of aromatic nitrogens is 3. The van der Waals surface area contributed by atoms with Crippen LogP contribution in [0.3, 0.4) is 0 Å². The van der Waals surface area contributed by atoms with Crippen LogP contribution >= 0.6 is 0 Å². The van der Waals surface area contributed by atoms with E-state index in [1.165, 1.54) is 11.1 Å². The molecule has 5 nitrogen and oxygen atoms in total. The SMILES string of the molecule is Cn1cnc(CNC2CCc3cc(O)ccc32)n1. The van der Waals surface area contributed by atoms with Gasteiger partial charge in [0.05, 0.1) is 6.54 Å². The van der Waals surface area contributed by atoms with E-state index in [1.54, 1.807) is 17.1 Å². The largest absolute Gasteiger partial charge is 0.508 e. The molecule has 1 atom stereocenters. The zero-order valence-corrected chi connectivity index (χ0v) is 10.3. The maximum Gasteiger partial charge on any atom is 0.164 e. The number of hydrogen-bond acceptors (Lipinski definition) is 4. The van der Waals surface area contributed by atoms with Crippen LogP contribution in [-0.2, 0) is 20.0 Å². The molecular formula is C13H16N4O. The number of nitrogens with zero attached hydrogens (tertiary/aromatic N) is 3. The second kappa shape index (κ2) is 4.42. The molecule has 0 saturated carbocycles. The van der Waals surface area contributed by atoms with Crippen LogP contribution in [0.5, 0.6) is 5.75 Å². The van der Waals surface area contributed by atoms with Crippen LogP contribution in [0.25, 0.3) is 0 Å². The average Bonchev–Trinajstić information content (AvgIpc) is 2.92. The van der Waals surface area contributed by atoms with E-state index >= 15 is 0 Å². The van der Waals surface area contributed by atoms with Crippen LogP contribution in [-0.4, -0.2) is 19.9 Å². The number of benzene rings is 1. The highest BCUT2D eigenvalue weighted by Crippen LogP contribution is 2.33. The Bertz CT molecular complexity index is 564. The number of phenolic OH excluding ortho intramolecular Hbond substituents is 1. The fraction of sp³-hybridized carbons (Fsp3) is 0.385. The van der Waals surface area contributed by atoms with Crippen molar-refractivity contribution < 1.29 is 5.11 Å². The second-order valence-electron chi connectivity index (χ2n) is 4.69. The van der Waals surface area contributed by atoms with Crippen molar-refractivity contribution in [1.82, 2.24) is 20.1 Å². The van der Waals surface area contributed by atoms with Gasteiger partial charge in [-0.1, -0.05) is 6.07 Å². The van der Waals surface area contributed by atoms with Crippen LogP contribution in [0.4, 0.5) is 0 Å². The molecule has 2 N–H and O–H groups in total. The summed E-state index contributed by atoms with van der Waals surface area (Å²) in [7, 11) is 1.87. The van der Waals surface area contributed by atoms with Crippen LogP contribution in [0.15, 0.2) is 24.5 Å². The third-order valence-corrected chi connectivity index (χ3v) is 3.36. The standard InChI is InChI=1S/C13H16N4O/c1-17-8-15-13(16-17)7-14-12-5-2-9-6-10(18)3-4-11(9)12/h3-4,6,8,12,14,18H,2,5,7H2,1H3. The molecule has 5 heteroatoms. The Kier molecular flexibility index (Phi) is 2.76. The van der Waals surface area contributed by atoms with E-state index < -0.39 is 0 Å². The van der Waals surface area contributed by atoms with E-state index in [2.05, 4.69) is 15.4 Å². The first-order valence-corrected chi connectivity index (χ1v) is 6.12. The molecule has 1 aromatic heterocycles. The molecule has 1 aliphatic rings. The first kappa shape index (κ1) is 11.2. The highest BCUT2D eigenvalue weighted by atomic mass is 16.3. The Morgan fingerprint density at radius 2 is 2.39 bits per heavy atom. The summed E-state index contributed by atoms with van der Waals surface area (Å²) in [5.74, 6) is 1.16. The van der Waals surface area contributed by atoms with Crippen molar-refractivity contribution in [2.24, 2.45) is 7.05 Å². The Balaban J connectivity index is 1.69. The van der Waals surface area contributed by atoms with Crippen molar-refractivity contribution in [2.75, 3.05) is 0 Å². The predicted octanol–water partition coefficient (Wildman–Crippen LogP) is 1.30. The smallest absolute Gasteiger partial charge is 0.164 e. The van der Waals surface area contributed by atoms with Crippen LogP contribution in [0.2, 0.25) is 0 Å². The third-order valence-electron chi connectivity index (χ3n) is 3.36. The Hall–Kier alpha value is -1.88. The summed E-state index contributed by atoms with van der Waals surface area (Å²) in [5.41, 5.74) is 2.52. The van der Waals surface area contributed by atoms with Crippen molar-refractivity contribution in [2.45, 2.75) is 25.4 Å². The molecule has 0 spiro atoms. The van der Waals surface area contributed by atoms with E-state index in [9.17, 15) is 5.11 Å². The average molecular weight is 244 g/mol. The van der Waals surface area contributed by atoms with E-state index in [0.717, 1.165) is 18.7 Å². The highest BCUT2D eigenvalue weighted by molar-refractivity contribution is 5.40. The number of rotatable bonds is 3. The van der Waals surface area contributed by atoms with E-state index in [-0.39, 0.29) is 0 Å². The van der Waals surface area contributed by atoms with Gasteiger partial charge in [-0.2, -0.15) is 5.10 Å². The van der Waals surface area contributed by atoms with Crippen molar-refractivity contribution in [3.8, 4) is 5.75 Å². The molecule has 1 aliphatic carbocycles. The molecule has 1 unspecified atom stereocenters. The maximum absolute atomic E-state index is 9.45. The fourth-order valence-corrected chi connectivity index (χ4v) is 2.50. The summed E-state index contributed by atoms with van der Waals surface area (Å²) in [6, 6.07) is 5.94. The summed E-state index contributed by atoms with van der Waals surface area (Å²) in [5, 5.41) is 17.2. The van der Waals surface area contributed by atoms with Crippen molar-refractivity contribution >= 4 is 0 Å². The molecule has 1 aromatic carbocycles. The van der Waals surface area contributed by atoms with Crippen molar-refractivity contribution in [3.63, 3.8) is 0 Å². The van der Waals surface area contributed by atoms with Crippen molar-refractivity contribution in [3.05, 3.63) is 41.5 Å². The summed E-state index contributed by atoms with van der Waals surface area (Å²) in [6.45, 7) is 0.672. The molecule has 3 rings (SSSR count). The monoisotopic (exact) mass is 244 g/mol. The summed E-state index contributed by atoms with van der Waals surface area (Å²) >= 11 is 0. The van der Waals surface area contributed by atoms with Gasteiger partial charge in [-0.15, -0.1) is 0 Å². The van der Waals surface area contributed by atoms with Gasteiger partial charge in [0.2, 0.25) is 0 Å². The number of phenols is 1. The minimum atomic E-state index is 0.337. The predicted molar refractivity (Wildman–Crippen MR) is 67.0 cm³/mol. The lowest BCUT2D eigenvalue weighted by Gasteiger charge is -2.12. The molecular weight excluding hydrogens is 228 g/mol. The molecule has 0 fully saturated rings. The number of aromatic hydroxyl groups is 1. The van der Waals surface area contributed by atoms with Crippen LogP contribution < -0.4 is 5.32 Å². The highest BCUT2D eigenvalue weighted by Gasteiger charge is 2.22. The van der Waals surface area contributed by atoms with Gasteiger partial charge in [-0.05, 0) is 36.1 Å². The lowest BCUT2D eigenvalue weighted by Crippen LogP contribution is -2.19. The quantitative estimate of drug-likeness (QED) is 0.854. The zero-order chi connectivity index (χ0) is 12.5. The molecule has 1 heterocycles. The summed E-state index contributed by atoms with van der Waals surface area (Å²) in [6.07, 6.45) is 3.78.